The molecule has 27 heavy (non-hydrogen) atoms. The van der Waals surface area contributed by atoms with Crippen LogP contribution in [-0.4, -0.2) is 22.8 Å². The summed E-state index contributed by atoms with van der Waals surface area (Å²) in [6.07, 6.45) is 1.86. The van der Waals surface area contributed by atoms with Gasteiger partial charge in [0.1, 0.15) is 11.8 Å². The minimum Gasteiger partial charge on any atom is -0.459 e. The molecule has 5 nitrogen and oxygen atoms in total. The number of hydrogen-bond acceptors (Lipinski definition) is 4. The van der Waals surface area contributed by atoms with E-state index in [9.17, 15) is 9.59 Å². The fourth-order valence-electron chi connectivity index (χ4n) is 3.28. The molecule has 0 spiro atoms. The van der Waals surface area contributed by atoms with Crippen molar-refractivity contribution in [2.24, 2.45) is 0 Å². The van der Waals surface area contributed by atoms with Crippen LogP contribution in [0.3, 0.4) is 0 Å². The monoisotopic (exact) mass is 361 g/mol. The number of fused-ring (bicyclic) bond motifs is 1. The number of carbonyl (C=O) groups excluding carboxylic acids is 2. The molecule has 4 rings (SSSR count). The molecule has 136 valence electrons. The Kier molecular flexibility index (Phi) is 4.50. The van der Waals surface area contributed by atoms with E-state index in [2.05, 4.69) is 0 Å². The predicted octanol–water partition coefficient (Wildman–Crippen LogP) is 3.76. The number of furan rings is 1. The van der Waals surface area contributed by atoms with Crippen LogP contribution in [0.5, 0.6) is 5.75 Å². The number of nitrogens with zero attached hydrogens (tertiary/aromatic N) is 1. The van der Waals surface area contributed by atoms with Crippen molar-refractivity contribution in [1.82, 2.24) is 4.90 Å². The molecule has 1 aliphatic heterocycles. The molecule has 1 unspecified atom stereocenters. The maximum absolute atomic E-state index is 12.9. The van der Waals surface area contributed by atoms with Crippen LogP contribution in [0.2, 0.25) is 0 Å². The standard InChI is InChI=1S/C22H19NO4/c1-15-8-10-18(11-9-15)27-22(25)19-13-16-5-2-3-6-17(16)14-23(19)21(24)20-7-4-12-26-20/h2-12,19H,13-14H2,1H3. The van der Waals surface area contributed by atoms with Crippen LogP contribution in [-0.2, 0) is 17.8 Å². The smallest absolute Gasteiger partial charge is 0.334 e. The maximum atomic E-state index is 12.9. The predicted molar refractivity (Wildman–Crippen MR) is 99.3 cm³/mol. The minimum absolute atomic E-state index is 0.211. The Labute approximate surface area is 157 Å². The SMILES string of the molecule is Cc1ccc(OC(=O)C2Cc3ccccc3CN2C(=O)c2ccco2)cc1. The summed E-state index contributed by atoms with van der Waals surface area (Å²) in [5, 5.41) is 0. The highest BCUT2D eigenvalue weighted by Crippen LogP contribution is 2.26. The molecule has 3 aromatic rings. The van der Waals surface area contributed by atoms with Gasteiger partial charge < -0.3 is 14.1 Å². The Bertz CT molecular complexity index is 960. The summed E-state index contributed by atoms with van der Waals surface area (Å²) >= 11 is 0. The molecule has 0 saturated carbocycles. The lowest BCUT2D eigenvalue weighted by molar-refractivity contribution is -0.140. The van der Waals surface area contributed by atoms with Gasteiger partial charge in [0.15, 0.2) is 5.76 Å². The summed E-state index contributed by atoms with van der Waals surface area (Å²) in [6.45, 7) is 2.30. The van der Waals surface area contributed by atoms with Crippen molar-refractivity contribution in [3.05, 3.63) is 89.4 Å². The number of carbonyl (C=O) groups is 2. The minimum atomic E-state index is -0.709. The van der Waals surface area contributed by atoms with Gasteiger partial charge in [0.25, 0.3) is 5.91 Å². The number of benzene rings is 2. The zero-order valence-corrected chi connectivity index (χ0v) is 14.9. The molecule has 0 radical (unpaired) electrons. The molecule has 2 heterocycles. The number of esters is 1. The van der Waals surface area contributed by atoms with Crippen LogP contribution in [0.4, 0.5) is 0 Å². The lowest BCUT2D eigenvalue weighted by Crippen LogP contribution is -2.50. The number of hydrogen-bond donors (Lipinski definition) is 0. The summed E-state index contributed by atoms with van der Waals surface area (Å²) in [4.78, 5) is 27.3. The van der Waals surface area contributed by atoms with Gasteiger partial charge in [-0.25, -0.2) is 4.79 Å². The Morgan fingerprint density at radius 3 is 2.44 bits per heavy atom. The van der Waals surface area contributed by atoms with Gasteiger partial charge in [-0.15, -0.1) is 0 Å². The van der Waals surface area contributed by atoms with E-state index >= 15 is 0 Å². The van der Waals surface area contributed by atoms with Crippen molar-refractivity contribution in [3.8, 4) is 5.75 Å². The van der Waals surface area contributed by atoms with Crippen molar-refractivity contribution < 1.29 is 18.7 Å². The first-order valence-corrected chi connectivity index (χ1v) is 8.81. The second kappa shape index (κ2) is 7.11. The van der Waals surface area contributed by atoms with Crippen LogP contribution in [0, 0.1) is 6.92 Å². The lowest BCUT2D eigenvalue weighted by Gasteiger charge is -2.34. The third-order valence-corrected chi connectivity index (χ3v) is 4.75. The third-order valence-electron chi connectivity index (χ3n) is 4.75. The van der Waals surface area contributed by atoms with Gasteiger partial charge in [-0.3, -0.25) is 4.79 Å². The highest BCUT2D eigenvalue weighted by Gasteiger charge is 2.37. The highest BCUT2D eigenvalue weighted by molar-refractivity contribution is 5.95. The average molecular weight is 361 g/mol. The molecule has 5 heteroatoms. The van der Waals surface area contributed by atoms with Crippen molar-refractivity contribution in [1.29, 1.82) is 0 Å². The van der Waals surface area contributed by atoms with Gasteiger partial charge >= 0.3 is 5.97 Å². The van der Waals surface area contributed by atoms with Crippen molar-refractivity contribution in [2.75, 3.05) is 0 Å². The summed E-state index contributed by atoms with van der Waals surface area (Å²) < 4.78 is 10.8. The van der Waals surface area contributed by atoms with E-state index in [1.54, 1.807) is 24.3 Å². The normalized spacial score (nSPS) is 15.9. The molecule has 0 N–H and O–H groups in total. The van der Waals surface area contributed by atoms with E-state index in [1.807, 2.05) is 43.3 Å². The molecular weight excluding hydrogens is 342 g/mol. The average Bonchev–Trinajstić information content (AvgIpc) is 3.23. The fourth-order valence-corrected chi connectivity index (χ4v) is 3.28. The van der Waals surface area contributed by atoms with Crippen LogP contribution in [0.15, 0.2) is 71.3 Å². The Morgan fingerprint density at radius 1 is 1.00 bits per heavy atom. The largest absolute Gasteiger partial charge is 0.459 e. The van der Waals surface area contributed by atoms with E-state index in [4.69, 9.17) is 9.15 Å². The summed E-state index contributed by atoms with van der Waals surface area (Å²) in [5.41, 5.74) is 3.15. The van der Waals surface area contributed by atoms with Crippen molar-refractivity contribution in [2.45, 2.75) is 25.9 Å². The topological polar surface area (TPSA) is 59.8 Å². The van der Waals surface area contributed by atoms with Crippen LogP contribution in [0.25, 0.3) is 0 Å². The third kappa shape index (κ3) is 3.49. The Hall–Kier alpha value is -3.34. The van der Waals surface area contributed by atoms with Crippen molar-refractivity contribution >= 4 is 11.9 Å². The lowest BCUT2D eigenvalue weighted by atomic mass is 9.93. The molecule has 1 aliphatic rings. The van der Waals surface area contributed by atoms with Crippen LogP contribution in [0.1, 0.15) is 27.2 Å². The van der Waals surface area contributed by atoms with E-state index in [0.717, 1.165) is 16.7 Å². The number of aryl methyl sites for hydroxylation is 1. The van der Waals surface area contributed by atoms with Gasteiger partial charge in [0, 0.05) is 13.0 Å². The second-order valence-electron chi connectivity index (χ2n) is 6.63. The first-order valence-electron chi connectivity index (χ1n) is 8.81. The van der Waals surface area contributed by atoms with Gasteiger partial charge in [-0.2, -0.15) is 0 Å². The molecule has 0 saturated heterocycles. The number of rotatable bonds is 3. The molecular formula is C22H19NO4. The van der Waals surface area contributed by atoms with E-state index in [-0.39, 0.29) is 11.7 Å². The first kappa shape index (κ1) is 17.1. The number of amides is 1. The summed E-state index contributed by atoms with van der Waals surface area (Å²) in [7, 11) is 0. The van der Waals surface area contributed by atoms with E-state index < -0.39 is 12.0 Å². The van der Waals surface area contributed by atoms with Crippen molar-refractivity contribution in [3.63, 3.8) is 0 Å². The first-order chi connectivity index (χ1) is 13.1. The van der Waals surface area contributed by atoms with Crippen LogP contribution < -0.4 is 4.74 Å². The zero-order chi connectivity index (χ0) is 18.8. The zero-order valence-electron chi connectivity index (χ0n) is 14.9. The van der Waals surface area contributed by atoms with Gasteiger partial charge in [-0.1, -0.05) is 42.0 Å². The maximum Gasteiger partial charge on any atom is 0.334 e. The van der Waals surface area contributed by atoms with Gasteiger partial charge in [-0.05, 0) is 42.3 Å². The molecule has 0 bridgehead atoms. The fraction of sp³-hybridized carbons (Fsp3) is 0.182. The molecule has 0 fully saturated rings. The van der Waals surface area contributed by atoms with Gasteiger partial charge in [0.2, 0.25) is 0 Å². The molecule has 0 aliphatic carbocycles. The number of ether oxygens (including phenoxy) is 1. The van der Waals surface area contributed by atoms with E-state index in [0.29, 0.717) is 18.7 Å². The summed E-state index contributed by atoms with van der Waals surface area (Å²) in [6, 6.07) is 17.6. The quantitative estimate of drug-likeness (QED) is 0.526. The molecule has 1 atom stereocenters. The molecule has 1 amide bonds. The van der Waals surface area contributed by atoms with Gasteiger partial charge in [0.05, 0.1) is 6.26 Å². The van der Waals surface area contributed by atoms with Crippen LogP contribution >= 0.6 is 0 Å². The van der Waals surface area contributed by atoms with E-state index in [1.165, 1.54) is 11.2 Å². The second-order valence-corrected chi connectivity index (χ2v) is 6.63. The Morgan fingerprint density at radius 2 is 1.74 bits per heavy atom. The molecule has 2 aromatic carbocycles. The Balaban J connectivity index is 1.63. The molecule has 1 aromatic heterocycles. The summed E-state index contributed by atoms with van der Waals surface area (Å²) in [5.74, 6) is -0.0917. The highest BCUT2D eigenvalue weighted by atomic mass is 16.5.